The van der Waals surface area contributed by atoms with Gasteiger partial charge in [-0.25, -0.2) is 0 Å². The van der Waals surface area contributed by atoms with Gasteiger partial charge < -0.3 is 9.64 Å². The fourth-order valence-corrected chi connectivity index (χ4v) is 4.71. The van der Waals surface area contributed by atoms with Gasteiger partial charge in [0.1, 0.15) is 0 Å². The number of nitrogens with zero attached hydrogens (tertiary/aromatic N) is 2. The summed E-state index contributed by atoms with van der Waals surface area (Å²) in [7, 11) is 2.20. The molecule has 0 aromatic carbocycles. The molecule has 1 saturated heterocycles. The molecule has 2 aliphatic heterocycles. The number of pyridine rings is 1. The summed E-state index contributed by atoms with van der Waals surface area (Å²) in [5.41, 5.74) is 2.70. The Balaban J connectivity index is 1.73. The molecule has 0 unspecified atom stereocenters. The molecule has 0 amide bonds. The van der Waals surface area contributed by atoms with Crippen LogP contribution in [0.2, 0.25) is 0 Å². The lowest BCUT2D eigenvalue weighted by Crippen LogP contribution is -2.44. The van der Waals surface area contributed by atoms with Gasteiger partial charge in [0, 0.05) is 41.7 Å². The Morgan fingerprint density at radius 3 is 2.76 bits per heavy atom. The fourth-order valence-electron chi connectivity index (χ4n) is 3.47. The molecule has 4 heterocycles. The predicted octanol–water partition coefficient (Wildman–Crippen LogP) is 3.30. The molecule has 2 aromatic heterocycles. The highest BCUT2D eigenvalue weighted by Crippen LogP contribution is 2.46. The number of likely N-dealkylation sites (tertiary alicyclic amines) is 1. The first-order valence-electron chi connectivity index (χ1n) is 7.63. The summed E-state index contributed by atoms with van der Waals surface area (Å²) in [5.74, 6) is 0. The van der Waals surface area contributed by atoms with E-state index in [0.717, 1.165) is 39.0 Å². The lowest BCUT2D eigenvalue weighted by Gasteiger charge is -2.43. The molecule has 0 bridgehead atoms. The zero-order chi connectivity index (χ0) is 14.3. The molecular formula is C17H20N2OS. The van der Waals surface area contributed by atoms with Gasteiger partial charge in [-0.05, 0) is 49.2 Å². The molecule has 0 saturated carbocycles. The molecule has 4 rings (SSSR count). The predicted molar refractivity (Wildman–Crippen MR) is 85.6 cm³/mol. The van der Waals surface area contributed by atoms with E-state index in [2.05, 4.69) is 35.1 Å². The maximum absolute atomic E-state index is 6.30. The van der Waals surface area contributed by atoms with Crippen molar-refractivity contribution in [3.05, 3.63) is 41.0 Å². The van der Waals surface area contributed by atoms with Crippen LogP contribution < -0.4 is 0 Å². The van der Waals surface area contributed by atoms with E-state index in [0.29, 0.717) is 0 Å². The molecule has 1 fully saturated rings. The van der Waals surface area contributed by atoms with Crippen molar-refractivity contribution in [1.82, 2.24) is 9.88 Å². The van der Waals surface area contributed by atoms with E-state index in [9.17, 15) is 0 Å². The first-order chi connectivity index (χ1) is 10.3. The van der Waals surface area contributed by atoms with E-state index in [4.69, 9.17) is 4.74 Å². The van der Waals surface area contributed by atoms with E-state index in [1.165, 1.54) is 20.9 Å². The van der Waals surface area contributed by atoms with Gasteiger partial charge in [0.15, 0.2) is 0 Å². The SMILES string of the molecule is CN1CCC2(CC1)OCCc1sc(-c3ccncc3)cc12. The van der Waals surface area contributed by atoms with Gasteiger partial charge in [0.05, 0.1) is 12.2 Å². The minimum atomic E-state index is -0.0259. The van der Waals surface area contributed by atoms with Crippen molar-refractivity contribution in [1.29, 1.82) is 0 Å². The van der Waals surface area contributed by atoms with Gasteiger partial charge in [0.2, 0.25) is 0 Å². The minimum Gasteiger partial charge on any atom is -0.370 e. The number of fused-ring (bicyclic) bond motifs is 2. The molecule has 1 spiro atoms. The number of hydrogen-bond donors (Lipinski definition) is 0. The lowest BCUT2D eigenvalue weighted by molar-refractivity contribution is -0.0942. The third kappa shape index (κ3) is 2.31. The second-order valence-corrected chi connectivity index (χ2v) is 7.22. The third-order valence-corrected chi connectivity index (χ3v) is 6.01. The Hall–Kier alpha value is -1.23. The summed E-state index contributed by atoms with van der Waals surface area (Å²) in [6.45, 7) is 3.12. The van der Waals surface area contributed by atoms with E-state index in [-0.39, 0.29) is 5.60 Å². The maximum atomic E-state index is 6.30. The van der Waals surface area contributed by atoms with E-state index in [1.54, 1.807) is 0 Å². The average Bonchev–Trinajstić information content (AvgIpc) is 2.97. The first kappa shape index (κ1) is 13.4. The van der Waals surface area contributed by atoms with Crippen LogP contribution in [0.4, 0.5) is 0 Å². The van der Waals surface area contributed by atoms with Crippen molar-refractivity contribution in [2.24, 2.45) is 0 Å². The van der Waals surface area contributed by atoms with Gasteiger partial charge >= 0.3 is 0 Å². The molecule has 3 nitrogen and oxygen atoms in total. The van der Waals surface area contributed by atoms with Gasteiger partial charge in [-0.3, -0.25) is 4.98 Å². The Morgan fingerprint density at radius 1 is 1.24 bits per heavy atom. The van der Waals surface area contributed by atoms with Gasteiger partial charge in [0.25, 0.3) is 0 Å². The van der Waals surface area contributed by atoms with E-state index < -0.39 is 0 Å². The number of hydrogen-bond acceptors (Lipinski definition) is 4. The maximum Gasteiger partial charge on any atom is 0.0966 e. The Morgan fingerprint density at radius 2 is 2.00 bits per heavy atom. The Bertz CT molecular complexity index is 629. The second-order valence-electron chi connectivity index (χ2n) is 6.08. The van der Waals surface area contributed by atoms with E-state index >= 15 is 0 Å². The number of piperidine rings is 1. The van der Waals surface area contributed by atoms with Crippen LogP contribution in [0.1, 0.15) is 23.3 Å². The normalized spacial score (nSPS) is 21.4. The van der Waals surface area contributed by atoms with Crippen LogP contribution in [0.3, 0.4) is 0 Å². The fraction of sp³-hybridized carbons (Fsp3) is 0.471. The summed E-state index contributed by atoms with van der Waals surface area (Å²) in [6, 6.07) is 6.57. The smallest absolute Gasteiger partial charge is 0.0966 e. The van der Waals surface area contributed by atoms with Crippen LogP contribution >= 0.6 is 11.3 Å². The van der Waals surface area contributed by atoms with Crippen molar-refractivity contribution < 1.29 is 4.74 Å². The van der Waals surface area contributed by atoms with Crippen molar-refractivity contribution in [3.63, 3.8) is 0 Å². The summed E-state index contributed by atoms with van der Waals surface area (Å²) < 4.78 is 6.30. The molecule has 2 aromatic rings. The topological polar surface area (TPSA) is 25.4 Å². The monoisotopic (exact) mass is 300 g/mol. The largest absolute Gasteiger partial charge is 0.370 e. The van der Waals surface area contributed by atoms with Crippen molar-refractivity contribution >= 4 is 11.3 Å². The average molecular weight is 300 g/mol. The Labute approximate surface area is 129 Å². The molecule has 0 atom stereocenters. The molecule has 0 aliphatic carbocycles. The first-order valence-corrected chi connectivity index (χ1v) is 8.45. The lowest BCUT2D eigenvalue weighted by atomic mass is 9.82. The third-order valence-electron chi connectivity index (χ3n) is 4.77. The van der Waals surface area contributed by atoms with Crippen molar-refractivity contribution in [2.75, 3.05) is 26.7 Å². The molecule has 21 heavy (non-hydrogen) atoms. The van der Waals surface area contributed by atoms with Gasteiger partial charge in [-0.2, -0.15) is 0 Å². The van der Waals surface area contributed by atoms with Crippen LogP contribution in [0, 0.1) is 0 Å². The van der Waals surface area contributed by atoms with Crippen LogP contribution in [-0.2, 0) is 16.8 Å². The molecule has 2 aliphatic rings. The summed E-state index contributed by atoms with van der Waals surface area (Å²) in [6.07, 6.45) is 7.03. The van der Waals surface area contributed by atoms with Crippen LogP contribution in [0.25, 0.3) is 10.4 Å². The van der Waals surface area contributed by atoms with Gasteiger partial charge in [-0.15, -0.1) is 11.3 Å². The molecule has 0 N–H and O–H groups in total. The Kier molecular flexibility index (Phi) is 3.32. The number of thiophene rings is 1. The highest BCUT2D eigenvalue weighted by molar-refractivity contribution is 7.15. The summed E-state index contributed by atoms with van der Waals surface area (Å²) in [5, 5.41) is 0. The number of aromatic nitrogens is 1. The van der Waals surface area contributed by atoms with Crippen LogP contribution in [-0.4, -0.2) is 36.6 Å². The minimum absolute atomic E-state index is 0.0259. The summed E-state index contributed by atoms with van der Waals surface area (Å²) >= 11 is 1.94. The summed E-state index contributed by atoms with van der Waals surface area (Å²) in [4.78, 5) is 9.40. The molecular weight excluding hydrogens is 280 g/mol. The number of rotatable bonds is 1. The number of ether oxygens (including phenoxy) is 1. The van der Waals surface area contributed by atoms with Crippen molar-refractivity contribution in [3.8, 4) is 10.4 Å². The molecule has 4 heteroatoms. The van der Waals surface area contributed by atoms with E-state index in [1.807, 2.05) is 23.7 Å². The molecule has 0 radical (unpaired) electrons. The zero-order valence-corrected chi connectivity index (χ0v) is 13.2. The van der Waals surface area contributed by atoms with Crippen LogP contribution in [0.5, 0.6) is 0 Å². The van der Waals surface area contributed by atoms with Crippen molar-refractivity contribution in [2.45, 2.75) is 24.9 Å². The highest BCUT2D eigenvalue weighted by Gasteiger charge is 2.41. The highest BCUT2D eigenvalue weighted by atomic mass is 32.1. The van der Waals surface area contributed by atoms with Crippen LogP contribution in [0.15, 0.2) is 30.6 Å². The standard InChI is InChI=1S/C17H20N2OS/c1-19-9-5-17(6-10-19)14-12-16(13-2-7-18-8-3-13)21-15(14)4-11-20-17/h2-3,7-8,12H,4-6,9-11H2,1H3. The second kappa shape index (κ2) is 5.20. The molecule has 110 valence electrons. The quantitative estimate of drug-likeness (QED) is 0.808. The van der Waals surface area contributed by atoms with Gasteiger partial charge in [-0.1, -0.05) is 0 Å². The zero-order valence-electron chi connectivity index (χ0n) is 12.3.